The largest absolute Gasteiger partial charge is 0.481 e. The van der Waals surface area contributed by atoms with E-state index >= 15 is 0 Å². The number of aliphatic hydroxyl groups excluding tert-OH is 1. The number of carbonyl (C=O) groups is 3. The van der Waals surface area contributed by atoms with E-state index in [9.17, 15) is 24.0 Å². The van der Waals surface area contributed by atoms with E-state index in [2.05, 4.69) is 9.97 Å². The molecule has 2 unspecified atom stereocenters. The van der Waals surface area contributed by atoms with Crippen LogP contribution >= 0.6 is 0 Å². The summed E-state index contributed by atoms with van der Waals surface area (Å²) in [6, 6.07) is 0. The van der Waals surface area contributed by atoms with Crippen molar-refractivity contribution in [3.63, 3.8) is 0 Å². The maximum absolute atomic E-state index is 11.4. The molecule has 0 fully saturated rings. The van der Waals surface area contributed by atoms with Crippen LogP contribution in [0.15, 0.2) is 15.9 Å². The molecule has 0 aromatic carbocycles. The molecule has 0 spiro atoms. The van der Waals surface area contributed by atoms with E-state index in [1.807, 2.05) is 0 Å². The van der Waals surface area contributed by atoms with Crippen molar-refractivity contribution in [2.75, 3.05) is 0 Å². The summed E-state index contributed by atoms with van der Waals surface area (Å²) in [6.07, 6.45) is -2.71. The van der Waals surface area contributed by atoms with E-state index in [0.717, 1.165) is 4.57 Å². The molecule has 2 heterocycles. The van der Waals surface area contributed by atoms with Crippen LogP contribution < -0.4 is 11.2 Å². The second-order valence-corrected chi connectivity index (χ2v) is 5.35. The van der Waals surface area contributed by atoms with Crippen molar-refractivity contribution in [2.24, 2.45) is 14.1 Å². The van der Waals surface area contributed by atoms with Gasteiger partial charge >= 0.3 is 23.6 Å². The number of hydrogen-bond donors (Lipinski definition) is 6. The third kappa shape index (κ3) is 4.18. The molecule has 6 N–H and O–H groups in total. The molecule has 0 amide bonds. The van der Waals surface area contributed by atoms with Gasteiger partial charge in [0.2, 0.25) is 5.60 Å². The van der Waals surface area contributed by atoms with Crippen LogP contribution in [0, 0.1) is 0 Å². The standard InChI is InChI=1S/C7H8N4O2.C6H8O8/c1-10-5-4(8-3-9-5)6(12)11(2)7(10)13;7-2(8)1-6(14,5(12)13)3(9)4(10)11/h3H,1-2H3,(H,8,9);3,9,14H,1H2,(H,7,8)(H,10,11)(H,12,13). The third-order valence-electron chi connectivity index (χ3n) is 3.51. The zero-order valence-corrected chi connectivity index (χ0v) is 14.0. The number of aliphatic hydroxyl groups is 2. The van der Waals surface area contributed by atoms with Crippen LogP contribution in [0.25, 0.3) is 11.2 Å². The van der Waals surface area contributed by atoms with Gasteiger partial charge in [0.05, 0.1) is 12.7 Å². The van der Waals surface area contributed by atoms with E-state index in [0.29, 0.717) is 11.2 Å². The van der Waals surface area contributed by atoms with E-state index in [1.54, 1.807) is 7.05 Å². The molecule has 0 aliphatic carbocycles. The Labute approximate surface area is 148 Å². The number of imidazole rings is 1. The summed E-state index contributed by atoms with van der Waals surface area (Å²) in [6.45, 7) is 0. The summed E-state index contributed by atoms with van der Waals surface area (Å²) < 4.78 is 2.37. The minimum Gasteiger partial charge on any atom is -0.481 e. The molecule has 14 heteroatoms. The van der Waals surface area contributed by atoms with Crippen LogP contribution in [0.1, 0.15) is 6.42 Å². The van der Waals surface area contributed by atoms with Gasteiger partial charge in [0.15, 0.2) is 11.8 Å². The number of hydrogen-bond acceptors (Lipinski definition) is 8. The van der Waals surface area contributed by atoms with Gasteiger partial charge in [-0.15, -0.1) is 0 Å². The van der Waals surface area contributed by atoms with Crippen LogP contribution in [0.3, 0.4) is 0 Å². The van der Waals surface area contributed by atoms with Gasteiger partial charge in [0.1, 0.15) is 5.52 Å². The normalized spacial score (nSPS) is 13.9. The van der Waals surface area contributed by atoms with E-state index < -0.39 is 36.0 Å². The van der Waals surface area contributed by atoms with E-state index in [-0.39, 0.29) is 11.2 Å². The van der Waals surface area contributed by atoms with Crippen molar-refractivity contribution in [3.05, 3.63) is 27.2 Å². The van der Waals surface area contributed by atoms with Crippen molar-refractivity contribution in [1.29, 1.82) is 0 Å². The van der Waals surface area contributed by atoms with Crippen molar-refractivity contribution in [1.82, 2.24) is 19.1 Å². The van der Waals surface area contributed by atoms with E-state index in [4.69, 9.17) is 25.5 Å². The molecule has 0 saturated heterocycles. The molecular formula is C13H16N4O10. The number of fused-ring (bicyclic) bond motifs is 1. The number of carboxylic acid groups (broad SMARTS) is 3. The first-order valence-corrected chi connectivity index (χ1v) is 7.02. The fourth-order valence-electron chi connectivity index (χ4n) is 1.99. The Kier molecular flexibility index (Phi) is 6.21. The number of aromatic nitrogens is 4. The average molecular weight is 388 g/mol. The lowest BCUT2D eigenvalue weighted by Crippen LogP contribution is -2.54. The zero-order chi connectivity index (χ0) is 21.1. The Bertz CT molecular complexity index is 1000. The summed E-state index contributed by atoms with van der Waals surface area (Å²) in [4.78, 5) is 60.0. The number of aryl methyl sites for hydroxylation is 1. The van der Waals surface area contributed by atoms with Gasteiger partial charge in [-0.05, 0) is 0 Å². The molecular weight excluding hydrogens is 372 g/mol. The molecule has 0 radical (unpaired) electrons. The maximum Gasteiger partial charge on any atom is 0.339 e. The minimum atomic E-state index is -3.22. The third-order valence-corrected chi connectivity index (χ3v) is 3.51. The summed E-state index contributed by atoms with van der Waals surface area (Å²) in [5.41, 5.74) is -3.21. The highest BCUT2D eigenvalue weighted by molar-refractivity contribution is 5.90. The molecule has 14 nitrogen and oxygen atoms in total. The lowest BCUT2D eigenvalue weighted by atomic mass is 9.93. The average Bonchev–Trinajstić information content (AvgIpc) is 3.07. The SMILES string of the molecule is Cn1c(=O)c2[nH]cnc2n(C)c1=O.O=C(O)CC(O)(C(=O)O)C(O)C(=O)O. The lowest BCUT2D eigenvalue weighted by molar-refractivity contribution is -0.187. The monoisotopic (exact) mass is 388 g/mol. The fourth-order valence-corrected chi connectivity index (χ4v) is 1.99. The number of aliphatic carboxylic acids is 3. The van der Waals surface area contributed by atoms with Crippen LogP contribution in [-0.4, -0.2) is 74.2 Å². The number of aromatic amines is 1. The highest BCUT2D eigenvalue weighted by atomic mass is 16.4. The Balaban J connectivity index is 0.000000270. The molecule has 148 valence electrons. The summed E-state index contributed by atoms with van der Waals surface area (Å²) >= 11 is 0. The maximum atomic E-state index is 11.4. The summed E-state index contributed by atoms with van der Waals surface area (Å²) in [7, 11) is 3.01. The van der Waals surface area contributed by atoms with Gasteiger partial charge in [-0.3, -0.25) is 18.7 Å². The predicted octanol–water partition coefficient (Wildman–Crippen LogP) is -3.32. The van der Waals surface area contributed by atoms with Gasteiger partial charge in [-0.25, -0.2) is 19.4 Å². The molecule has 0 aliphatic rings. The first kappa shape index (κ1) is 21.5. The van der Waals surface area contributed by atoms with Crippen LogP contribution in [-0.2, 0) is 28.5 Å². The quantitative estimate of drug-likeness (QED) is 0.297. The highest BCUT2D eigenvalue weighted by Crippen LogP contribution is 2.16. The summed E-state index contributed by atoms with van der Waals surface area (Å²) in [5.74, 6) is -5.87. The number of nitrogens with one attached hydrogen (secondary N) is 1. The Morgan fingerprint density at radius 3 is 2.19 bits per heavy atom. The number of nitrogens with zero attached hydrogens (tertiary/aromatic N) is 3. The van der Waals surface area contributed by atoms with Crippen LogP contribution in [0.4, 0.5) is 0 Å². The number of carboxylic acids is 3. The molecule has 2 atom stereocenters. The van der Waals surface area contributed by atoms with Crippen molar-refractivity contribution in [3.8, 4) is 0 Å². The first-order chi connectivity index (χ1) is 12.3. The smallest absolute Gasteiger partial charge is 0.339 e. The Hall–Kier alpha value is -3.52. The topological polar surface area (TPSA) is 225 Å². The lowest BCUT2D eigenvalue weighted by Gasteiger charge is -2.23. The van der Waals surface area contributed by atoms with Crippen LogP contribution in [0.5, 0.6) is 0 Å². The first-order valence-electron chi connectivity index (χ1n) is 7.02. The Morgan fingerprint density at radius 2 is 1.74 bits per heavy atom. The van der Waals surface area contributed by atoms with E-state index in [1.165, 1.54) is 17.9 Å². The zero-order valence-electron chi connectivity index (χ0n) is 14.0. The molecule has 27 heavy (non-hydrogen) atoms. The van der Waals surface area contributed by atoms with Gasteiger partial charge in [0, 0.05) is 14.1 Å². The second-order valence-electron chi connectivity index (χ2n) is 5.35. The number of H-pyrrole nitrogens is 1. The second kappa shape index (κ2) is 7.79. The number of rotatable bonds is 5. The van der Waals surface area contributed by atoms with Gasteiger partial charge < -0.3 is 30.5 Å². The highest BCUT2D eigenvalue weighted by Gasteiger charge is 2.49. The molecule has 0 bridgehead atoms. The molecule has 2 rings (SSSR count). The molecule has 0 saturated carbocycles. The van der Waals surface area contributed by atoms with Crippen LogP contribution in [0.2, 0.25) is 0 Å². The van der Waals surface area contributed by atoms with Gasteiger partial charge in [-0.2, -0.15) is 0 Å². The predicted molar refractivity (Wildman–Crippen MR) is 85.1 cm³/mol. The molecule has 2 aromatic rings. The summed E-state index contributed by atoms with van der Waals surface area (Å²) in [5, 5.41) is 42.6. The minimum absolute atomic E-state index is 0.351. The van der Waals surface area contributed by atoms with Crippen molar-refractivity contribution < 1.29 is 39.9 Å². The van der Waals surface area contributed by atoms with Crippen molar-refractivity contribution in [2.45, 2.75) is 18.1 Å². The molecule has 2 aromatic heterocycles. The molecule has 0 aliphatic heterocycles. The fraction of sp³-hybridized carbons (Fsp3) is 0.385. The Morgan fingerprint density at radius 1 is 1.19 bits per heavy atom. The van der Waals surface area contributed by atoms with Gasteiger partial charge in [0.25, 0.3) is 5.56 Å². The van der Waals surface area contributed by atoms with Crippen molar-refractivity contribution >= 4 is 29.1 Å². The van der Waals surface area contributed by atoms with Gasteiger partial charge in [-0.1, -0.05) is 0 Å².